The molecule has 0 unspecified atom stereocenters. The monoisotopic (exact) mass is 514 g/mol. The molecule has 1 aliphatic carbocycles. The van der Waals surface area contributed by atoms with Crippen molar-refractivity contribution in [3.63, 3.8) is 0 Å². The number of nitrogens with zero attached hydrogens (tertiary/aromatic N) is 3. The van der Waals surface area contributed by atoms with Crippen LogP contribution in [0.1, 0.15) is 62.7 Å². The maximum Gasteiger partial charge on any atom is 0.318 e. The Morgan fingerprint density at radius 2 is 1.74 bits per heavy atom. The Bertz CT molecular complexity index is 1220. The molecule has 38 heavy (non-hydrogen) atoms. The first-order valence-electron chi connectivity index (χ1n) is 13.9. The first-order chi connectivity index (χ1) is 18.6. The van der Waals surface area contributed by atoms with E-state index in [4.69, 9.17) is 4.74 Å². The van der Waals surface area contributed by atoms with E-state index in [2.05, 4.69) is 22.1 Å². The number of rotatable bonds is 8. The van der Waals surface area contributed by atoms with Crippen LogP contribution >= 0.6 is 0 Å². The van der Waals surface area contributed by atoms with E-state index in [9.17, 15) is 9.59 Å². The summed E-state index contributed by atoms with van der Waals surface area (Å²) in [6.07, 6.45) is 8.45. The summed E-state index contributed by atoms with van der Waals surface area (Å²) in [6, 6.07) is 21.6. The van der Waals surface area contributed by atoms with Crippen LogP contribution < -0.4 is 10.1 Å². The van der Waals surface area contributed by atoms with Crippen LogP contribution in [0.3, 0.4) is 0 Å². The smallest absolute Gasteiger partial charge is 0.318 e. The van der Waals surface area contributed by atoms with Gasteiger partial charge in [0.1, 0.15) is 18.0 Å². The fraction of sp³-hybridized carbons (Fsp3) is 0.419. The van der Waals surface area contributed by atoms with Gasteiger partial charge in [-0.3, -0.25) is 4.79 Å². The maximum absolute atomic E-state index is 13.8. The summed E-state index contributed by atoms with van der Waals surface area (Å²) < 4.78 is 8.31. The van der Waals surface area contributed by atoms with Crippen molar-refractivity contribution in [1.29, 1.82) is 0 Å². The highest BCUT2D eigenvalue weighted by atomic mass is 16.5. The number of carbonyl (C=O) groups excluding carboxylic acids is 2. The van der Waals surface area contributed by atoms with Gasteiger partial charge in [0.05, 0.1) is 6.04 Å². The van der Waals surface area contributed by atoms with Gasteiger partial charge in [0.15, 0.2) is 0 Å². The van der Waals surface area contributed by atoms with Crippen LogP contribution in [0.15, 0.2) is 72.9 Å². The topological polar surface area (TPSA) is 66.8 Å². The number of benzene rings is 2. The van der Waals surface area contributed by atoms with Crippen LogP contribution in [-0.4, -0.2) is 52.0 Å². The summed E-state index contributed by atoms with van der Waals surface area (Å²) in [4.78, 5) is 30.6. The highest BCUT2D eigenvalue weighted by Gasteiger charge is 2.34. The Balaban J connectivity index is 1.36. The number of nitrogens with one attached hydrogen (secondary N) is 1. The van der Waals surface area contributed by atoms with E-state index in [1.54, 1.807) is 4.90 Å². The molecule has 2 heterocycles. The Morgan fingerprint density at radius 1 is 0.947 bits per heavy atom. The summed E-state index contributed by atoms with van der Waals surface area (Å²) in [5.41, 5.74) is 2.05. The fourth-order valence-electron chi connectivity index (χ4n) is 5.66. The minimum absolute atomic E-state index is 0.0379. The molecule has 1 aromatic heterocycles. The molecule has 1 fully saturated rings. The first-order valence-corrected chi connectivity index (χ1v) is 13.9. The van der Waals surface area contributed by atoms with Gasteiger partial charge in [-0.25, -0.2) is 4.79 Å². The summed E-state index contributed by atoms with van der Waals surface area (Å²) in [5.74, 6) is 1.46. The summed E-state index contributed by atoms with van der Waals surface area (Å²) in [5, 5.41) is 3.19. The van der Waals surface area contributed by atoms with E-state index >= 15 is 0 Å². The molecule has 7 nitrogen and oxygen atoms in total. The van der Waals surface area contributed by atoms with E-state index in [1.165, 1.54) is 6.42 Å². The van der Waals surface area contributed by atoms with Crippen molar-refractivity contribution in [1.82, 2.24) is 19.7 Å². The van der Waals surface area contributed by atoms with Crippen molar-refractivity contribution in [3.05, 3.63) is 84.2 Å². The third kappa shape index (κ3) is 6.04. The van der Waals surface area contributed by atoms with E-state index < -0.39 is 0 Å². The van der Waals surface area contributed by atoms with Crippen LogP contribution in [0.2, 0.25) is 0 Å². The normalized spacial score (nSPS) is 17.5. The van der Waals surface area contributed by atoms with Gasteiger partial charge in [-0.2, -0.15) is 0 Å². The van der Waals surface area contributed by atoms with Crippen molar-refractivity contribution in [2.24, 2.45) is 0 Å². The van der Waals surface area contributed by atoms with Gasteiger partial charge in [0.25, 0.3) is 0 Å². The molecule has 1 atom stereocenters. The van der Waals surface area contributed by atoms with Crippen molar-refractivity contribution in [2.45, 2.75) is 64.1 Å². The van der Waals surface area contributed by atoms with Crippen molar-refractivity contribution in [2.75, 3.05) is 19.6 Å². The van der Waals surface area contributed by atoms with E-state index in [0.29, 0.717) is 13.1 Å². The Morgan fingerprint density at radius 3 is 2.53 bits per heavy atom. The lowest BCUT2D eigenvalue weighted by atomic mass is 9.96. The number of carbonyl (C=O) groups is 2. The molecule has 0 spiro atoms. The Hall–Kier alpha value is -3.74. The zero-order valence-electron chi connectivity index (χ0n) is 22.2. The Kier molecular flexibility index (Phi) is 8.31. The molecule has 200 valence electrons. The van der Waals surface area contributed by atoms with Gasteiger partial charge in [-0.15, -0.1) is 0 Å². The Labute approximate surface area is 225 Å². The number of para-hydroxylation sites is 1. The second-order valence-electron chi connectivity index (χ2n) is 10.3. The quantitative estimate of drug-likeness (QED) is 0.403. The highest BCUT2D eigenvalue weighted by molar-refractivity contribution is 5.85. The largest absolute Gasteiger partial charge is 0.457 e. The number of urea groups is 1. The van der Waals surface area contributed by atoms with Crippen molar-refractivity contribution < 1.29 is 14.3 Å². The van der Waals surface area contributed by atoms with E-state index in [0.717, 1.165) is 61.4 Å². The predicted octanol–water partition coefficient (Wildman–Crippen LogP) is 5.97. The molecule has 0 radical (unpaired) electrons. The number of amides is 3. The standard InChI is InChI=1S/C31H38N4O3/c1-2-18-34(31(37)32-25-12-5-3-6-13-25)23-29(36)35-21-20-33-19-10-17-28(33)30(35)24-11-9-16-27(22-24)38-26-14-7-4-8-15-26/h4,7-11,14-17,19,22,25,30H,2-3,5-6,12-13,18,20-21,23H2,1H3,(H,32,37)/t30-/m1/s1. The number of fused-ring (bicyclic) bond motifs is 1. The van der Waals surface area contributed by atoms with Gasteiger partial charge in [0, 0.05) is 37.6 Å². The van der Waals surface area contributed by atoms with Crippen molar-refractivity contribution in [3.8, 4) is 11.5 Å². The van der Waals surface area contributed by atoms with Crippen LogP contribution in [-0.2, 0) is 11.3 Å². The number of hydrogen-bond acceptors (Lipinski definition) is 3. The summed E-state index contributed by atoms with van der Waals surface area (Å²) in [6.45, 7) is 3.98. The van der Waals surface area contributed by atoms with Gasteiger partial charge < -0.3 is 24.4 Å². The molecule has 3 amide bonds. The zero-order chi connectivity index (χ0) is 26.3. The maximum atomic E-state index is 13.8. The second kappa shape index (κ2) is 12.2. The number of hydrogen-bond donors (Lipinski definition) is 1. The molecule has 1 saturated carbocycles. The molecule has 0 saturated heterocycles. The lowest BCUT2D eigenvalue weighted by Crippen LogP contribution is -2.51. The van der Waals surface area contributed by atoms with Crippen LogP contribution in [0.5, 0.6) is 11.5 Å². The molecule has 1 aliphatic heterocycles. The molecule has 7 heteroatoms. The third-order valence-corrected chi connectivity index (χ3v) is 7.55. The van der Waals surface area contributed by atoms with Crippen LogP contribution in [0, 0.1) is 0 Å². The van der Waals surface area contributed by atoms with Crippen LogP contribution in [0.4, 0.5) is 4.79 Å². The SMILES string of the molecule is CCCN(CC(=O)N1CCn2cccc2[C@H]1c1cccc(Oc2ccccc2)c1)C(=O)NC1CCCCC1. The van der Waals surface area contributed by atoms with Gasteiger partial charge >= 0.3 is 6.03 Å². The number of aromatic nitrogens is 1. The van der Waals surface area contributed by atoms with Gasteiger partial charge in [-0.1, -0.05) is 56.5 Å². The zero-order valence-corrected chi connectivity index (χ0v) is 22.2. The average molecular weight is 515 g/mol. The number of ether oxygens (including phenoxy) is 1. The second-order valence-corrected chi connectivity index (χ2v) is 10.3. The summed E-state index contributed by atoms with van der Waals surface area (Å²) in [7, 11) is 0. The minimum atomic E-state index is -0.254. The summed E-state index contributed by atoms with van der Waals surface area (Å²) >= 11 is 0. The predicted molar refractivity (Wildman–Crippen MR) is 148 cm³/mol. The molecular formula is C31H38N4O3. The van der Waals surface area contributed by atoms with Gasteiger partial charge in [-0.05, 0) is 61.2 Å². The highest BCUT2D eigenvalue weighted by Crippen LogP contribution is 2.35. The first kappa shape index (κ1) is 25.9. The molecule has 1 N–H and O–H groups in total. The van der Waals surface area contributed by atoms with Gasteiger partial charge in [0.2, 0.25) is 5.91 Å². The van der Waals surface area contributed by atoms with E-state index in [1.807, 2.05) is 72.5 Å². The lowest BCUT2D eigenvalue weighted by molar-refractivity contribution is -0.134. The molecule has 2 aliphatic rings. The third-order valence-electron chi connectivity index (χ3n) is 7.55. The molecule has 5 rings (SSSR count). The molecule has 0 bridgehead atoms. The van der Waals surface area contributed by atoms with Crippen molar-refractivity contribution >= 4 is 11.9 Å². The molecule has 2 aromatic carbocycles. The fourth-order valence-corrected chi connectivity index (χ4v) is 5.66. The minimum Gasteiger partial charge on any atom is -0.457 e. The molecular weight excluding hydrogens is 476 g/mol. The average Bonchev–Trinajstić information content (AvgIpc) is 3.42. The van der Waals surface area contributed by atoms with E-state index in [-0.39, 0.29) is 30.6 Å². The lowest BCUT2D eigenvalue weighted by Gasteiger charge is -2.38. The van der Waals surface area contributed by atoms with Crippen LogP contribution in [0.25, 0.3) is 0 Å². The molecule has 3 aromatic rings.